The van der Waals surface area contributed by atoms with E-state index in [-0.39, 0.29) is 17.9 Å². The zero-order valence-electron chi connectivity index (χ0n) is 10.7. The Morgan fingerprint density at radius 1 is 1.40 bits per heavy atom. The number of pyridine rings is 1. The monoisotopic (exact) mass is 293 g/mol. The van der Waals surface area contributed by atoms with Gasteiger partial charge in [-0.05, 0) is 24.3 Å². The van der Waals surface area contributed by atoms with Gasteiger partial charge in [-0.1, -0.05) is 11.6 Å². The zero-order valence-corrected chi connectivity index (χ0v) is 11.4. The van der Waals surface area contributed by atoms with Crippen molar-refractivity contribution >= 4 is 17.6 Å². The summed E-state index contributed by atoms with van der Waals surface area (Å²) < 4.78 is 10.5. The maximum atomic E-state index is 11.2. The van der Waals surface area contributed by atoms with Crippen LogP contribution in [0, 0.1) is 0 Å². The van der Waals surface area contributed by atoms with E-state index < -0.39 is 5.97 Å². The maximum Gasteiger partial charge on any atom is 0.339 e. The molecule has 0 saturated heterocycles. The van der Waals surface area contributed by atoms with Crippen molar-refractivity contribution in [3.63, 3.8) is 0 Å². The average Bonchev–Trinajstić information content (AvgIpc) is 2.46. The van der Waals surface area contributed by atoms with Crippen LogP contribution in [0.2, 0.25) is 5.02 Å². The molecule has 1 aromatic carbocycles. The van der Waals surface area contributed by atoms with Gasteiger partial charge in [0.05, 0.1) is 12.1 Å². The molecule has 20 heavy (non-hydrogen) atoms. The molecular formula is C14H12ClNO4. The Balaban J connectivity index is 2.21. The molecule has 0 radical (unpaired) electrons. The number of benzene rings is 1. The van der Waals surface area contributed by atoms with Crippen molar-refractivity contribution in [1.29, 1.82) is 0 Å². The highest BCUT2D eigenvalue weighted by Crippen LogP contribution is 2.25. The molecule has 0 aliphatic rings. The molecule has 1 heterocycles. The van der Waals surface area contributed by atoms with E-state index in [2.05, 4.69) is 4.98 Å². The summed E-state index contributed by atoms with van der Waals surface area (Å²) in [5, 5.41) is 9.64. The first-order chi connectivity index (χ1) is 9.61. The van der Waals surface area contributed by atoms with Crippen LogP contribution in [0.4, 0.5) is 0 Å². The lowest BCUT2D eigenvalue weighted by atomic mass is 10.2. The van der Waals surface area contributed by atoms with Crippen LogP contribution in [0.15, 0.2) is 36.7 Å². The van der Waals surface area contributed by atoms with Gasteiger partial charge < -0.3 is 14.6 Å². The van der Waals surface area contributed by atoms with Crippen LogP contribution in [0.3, 0.4) is 0 Å². The second-order valence-electron chi connectivity index (χ2n) is 3.92. The maximum absolute atomic E-state index is 11.2. The normalized spacial score (nSPS) is 10.1. The third-order valence-electron chi connectivity index (χ3n) is 2.66. The number of hydrogen-bond acceptors (Lipinski definition) is 4. The van der Waals surface area contributed by atoms with Gasteiger partial charge in [0.15, 0.2) is 0 Å². The molecule has 0 spiro atoms. The van der Waals surface area contributed by atoms with Gasteiger partial charge in [-0.2, -0.15) is 0 Å². The highest BCUT2D eigenvalue weighted by atomic mass is 35.5. The van der Waals surface area contributed by atoms with E-state index in [0.29, 0.717) is 10.8 Å². The van der Waals surface area contributed by atoms with Crippen molar-refractivity contribution in [2.24, 2.45) is 0 Å². The van der Waals surface area contributed by atoms with Crippen molar-refractivity contribution in [3.05, 3.63) is 52.8 Å². The highest BCUT2D eigenvalue weighted by Gasteiger charge is 2.13. The number of nitrogens with zero attached hydrogens (tertiary/aromatic N) is 1. The van der Waals surface area contributed by atoms with Crippen molar-refractivity contribution in [1.82, 2.24) is 4.98 Å². The standard InChI is InChI=1S/C14H12ClNO4/c1-19-10-2-3-13(11(6-10)14(17)18)20-8-9-4-5-16-7-12(9)15/h2-7H,8H2,1H3,(H,17,18). The average molecular weight is 294 g/mol. The molecule has 0 amide bonds. The predicted molar refractivity (Wildman–Crippen MR) is 73.5 cm³/mol. The minimum absolute atomic E-state index is 0.0366. The Morgan fingerprint density at radius 3 is 2.85 bits per heavy atom. The molecule has 0 atom stereocenters. The molecule has 2 aromatic rings. The number of hydrogen-bond donors (Lipinski definition) is 1. The largest absolute Gasteiger partial charge is 0.497 e. The number of carboxylic acid groups (broad SMARTS) is 1. The first-order valence-corrected chi connectivity index (χ1v) is 6.12. The molecule has 0 fully saturated rings. The van der Waals surface area contributed by atoms with E-state index >= 15 is 0 Å². The summed E-state index contributed by atoms with van der Waals surface area (Å²) >= 11 is 5.96. The second kappa shape index (κ2) is 6.25. The fourth-order valence-corrected chi connectivity index (χ4v) is 1.78. The SMILES string of the molecule is COc1ccc(OCc2ccncc2Cl)c(C(=O)O)c1. The van der Waals surface area contributed by atoms with E-state index in [9.17, 15) is 4.79 Å². The predicted octanol–water partition coefficient (Wildman–Crippen LogP) is 3.02. The Morgan fingerprint density at radius 2 is 2.20 bits per heavy atom. The van der Waals surface area contributed by atoms with Gasteiger partial charge in [0.1, 0.15) is 23.7 Å². The number of aromatic carboxylic acids is 1. The molecule has 1 aromatic heterocycles. The van der Waals surface area contributed by atoms with Gasteiger partial charge in [-0.3, -0.25) is 4.98 Å². The highest BCUT2D eigenvalue weighted by molar-refractivity contribution is 6.31. The number of ether oxygens (including phenoxy) is 2. The van der Waals surface area contributed by atoms with Crippen LogP contribution in [-0.4, -0.2) is 23.2 Å². The van der Waals surface area contributed by atoms with Crippen molar-refractivity contribution in [2.45, 2.75) is 6.61 Å². The fourth-order valence-electron chi connectivity index (χ4n) is 1.61. The lowest BCUT2D eigenvalue weighted by molar-refractivity contribution is 0.0691. The van der Waals surface area contributed by atoms with E-state index in [1.165, 1.54) is 19.4 Å². The van der Waals surface area contributed by atoms with Crippen LogP contribution >= 0.6 is 11.6 Å². The summed E-state index contributed by atoms with van der Waals surface area (Å²) in [5.41, 5.74) is 0.767. The Kier molecular flexibility index (Phi) is 4.42. The minimum Gasteiger partial charge on any atom is -0.497 e. The molecule has 104 valence electrons. The van der Waals surface area contributed by atoms with Gasteiger partial charge in [-0.25, -0.2) is 4.79 Å². The van der Waals surface area contributed by atoms with E-state index in [1.807, 2.05) is 0 Å². The van der Waals surface area contributed by atoms with Gasteiger partial charge in [0.2, 0.25) is 0 Å². The molecule has 0 bridgehead atoms. The van der Waals surface area contributed by atoms with Crippen LogP contribution in [0.25, 0.3) is 0 Å². The van der Waals surface area contributed by atoms with E-state index in [0.717, 1.165) is 5.56 Å². The lowest BCUT2D eigenvalue weighted by Crippen LogP contribution is -2.04. The molecule has 5 nitrogen and oxygen atoms in total. The third-order valence-corrected chi connectivity index (χ3v) is 3.00. The van der Waals surface area contributed by atoms with Crippen LogP contribution in [0.1, 0.15) is 15.9 Å². The molecule has 2 rings (SSSR count). The van der Waals surface area contributed by atoms with Crippen molar-refractivity contribution < 1.29 is 19.4 Å². The number of carbonyl (C=O) groups is 1. The van der Waals surface area contributed by atoms with Gasteiger partial charge >= 0.3 is 5.97 Å². The molecule has 1 N–H and O–H groups in total. The van der Waals surface area contributed by atoms with Crippen LogP contribution in [-0.2, 0) is 6.61 Å². The first-order valence-electron chi connectivity index (χ1n) is 5.74. The van der Waals surface area contributed by atoms with Gasteiger partial charge in [0, 0.05) is 18.0 Å². The smallest absolute Gasteiger partial charge is 0.339 e. The molecule has 0 aliphatic heterocycles. The lowest BCUT2D eigenvalue weighted by Gasteiger charge is -2.11. The molecular weight excluding hydrogens is 282 g/mol. The number of rotatable bonds is 5. The van der Waals surface area contributed by atoms with Gasteiger partial charge in [0.25, 0.3) is 0 Å². The zero-order chi connectivity index (χ0) is 14.5. The summed E-state index contributed by atoms with van der Waals surface area (Å²) in [5.74, 6) is -0.373. The van der Waals surface area contributed by atoms with Crippen molar-refractivity contribution in [2.75, 3.05) is 7.11 Å². The summed E-state index contributed by atoms with van der Waals surface area (Å²) in [6, 6.07) is 6.31. The number of aromatic nitrogens is 1. The summed E-state index contributed by atoms with van der Waals surface area (Å²) in [7, 11) is 1.47. The summed E-state index contributed by atoms with van der Waals surface area (Å²) in [6.07, 6.45) is 3.10. The van der Waals surface area contributed by atoms with E-state index in [1.54, 1.807) is 24.4 Å². The number of halogens is 1. The second-order valence-corrected chi connectivity index (χ2v) is 4.33. The molecule has 0 unspecified atom stereocenters. The summed E-state index contributed by atoms with van der Waals surface area (Å²) in [4.78, 5) is 15.1. The molecule has 0 aliphatic carbocycles. The summed E-state index contributed by atoms with van der Waals surface area (Å²) in [6.45, 7) is 0.161. The quantitative estimate of drug-likeness (QED) is 0.917. The Hall–Kier alpha value is -2.27. The van der Waals surface area contributed by atoms with E-state index in [4.69, 9.17) is 26.2 Å². The molecule has 0 saturated carbocycles. The van der Waals surface area contributed by atoms with Crippen molar-refractivity contribution in [3.8, 4) is 11.5 Å². The third kappa shape index (κ3) is 3.19. The number of methoxy groups -OCH3 is 1. The minimum atomic E-state index is -1.08. The van der Waals surface area contributed by atoms with Gasteiger partial charge in [-0.15, -0.1) is 0 Å². The first kappa shape index (κ1) is 14.1. The number of carboxylic acids is 1. The Bertz CT molecular complexity index is 630. The fraction of sp³-hybridized carbons (Fsp3) is 0.143. The Labute approximate surface area is 120 Å². The van der Waals surface area contributed by atoms with Crippen LogP contribution in [0.5, 0.6) is 11.5 Å². The topological polar surface area (TPSA) is 68.7 Å². The van der Waals surface area contributed by atoms with Crippen LogP contribution < -0.4 is 9.47 Å². The molecule has 6 heteroatoms.